The quantitative estimate of drug-likeness (QED) is 0.887. The lowest BCUT2D eigenvalue weighted by Crippen LogP contribution is -2.19. The van der Waals surface area contributed by atoms with Crippen molar-refractivity contribution in [3.63, 3.8) is 0 Å². The van der Waals surface area contributed by atoms with Crippen molar-refractivity contribution in [2.24, 2.45) is 11.3 Å². The maximum atomic E-state index is 10.5. The van der Waals surface area contributed by atoms with Gasteiger partial charge in [-0.3, -0.25) is 4.98 Å². The van der Waals surface area contributed by atoms with E-state index in [-0.39, 0.29) is 5.41 Å². The lowest BCUT2D eigenvalue weighted by atomic mass is 9.78. The molecule has 2 heteroatoms. The van der Waals surface area contributed by atoms with E-state index in [2.05, 4.69) is 38.7 Å². The standard InChI is InChI=1S/C17H23NO/c1-12(17(2,3)4)10-16(19)14-7-5-6-13-8-9-18-11-15(13)14/h5-9,11-12,16,19H,10H2,1-4H3. The zero-order valence-electron chi connectivity index (χ0n) is 12.2. The lowest BCUT2D eigenvalue weighted by Gasteiger charge is -2.29. The van der Waals surface area contributed by atoms with Gasteiger partial charge in [-0.25, -0.2) is 0 Å². The molecule has 19 heavy (non-hydrogen) atoms. The summed E-state index contributed by atoms with van der Waals surface area (Å²) < 4.78 is 0. The van der Waals surface area contributed by atoms with Crippen LogP contribution in [0.3, 0.4) is 0 Å². The fourth-order valence-corrected chi connectivity index (χ4v) is 2.24. The van der Waals surface area contributed by atoms with Crippen molar-refractivity contribution < 1.29 is 5.11 Å². The SMILES string of the molecule is CC(CC(O)c1cccc2ccncc12)C(C)(C)C. The first-order valence-corrected chi connectivity index (χ1v) is 6.90. The maximum absolute atomic E-state index is 10.5. The Hall–Kier alpha value is -1.41. The van der Waals surface area contributed by atoms with Crippen molar-refractivity contribution >= 4 is 10.8 Å². The van der Waals surface area contributed by atoms with Crippen molar-refractivity contribution in [2.75, 3.05) is 0 Å². The largest absolute Gasteiger partial charge is 0.388 e. The molecule has 2 aromatic rings. The molecule has 0 saturated heterocycles. The fourth-order valence-electron chi connectivity index (χ4n) is 2.24. The summed E-state index contributed by atoms with van der Waals surface area (Å²) >= 11 is 0. The minimum absolute atomic E-state index is 0.212. The minimum atomic E-state index is -0.429. The predicted molar refractivity (Wildman–Crippen MR) is 79.9 cm³/mol. The molecule has 2 rings (SSSR count). The number of rotatable bonds is 3. The number of pyridine rings is 1. The fraction of sp³-hybridized carbons (Fsp3) is 0.471. The van der Waals surface area contributed by atoms with E-state index in [1.807, 2.05) is 24.4 Å². The van der Waals surface area contributed by atoms with Gasteiger partial charge in [-0.15, -0.1) is 0 Å². The number of aliphatic hydroxyl groups is 1. The van der Waals surface area contributed by atoms with E-state index < -0.39 is 6.10 Å². The number of aliphatic hydroxyl groups excluding tert-OH is 1. The number of nitrogens with zero attached hydrogens (tertiary/aromatic N) is 1. The Labute approximate surface area is 115 Å². The summed E-state index contributed by atoms with van der Waals surface area (Å²) in [6.07, 6.45) is 3.98. The third kappa shape index (κ3) is 3.13. The van der Waals surface area contributed by atoms with E-state index in [0.29, 0.717) is 5.92 Å². The number of benzene rings is 1. The van der Waals surface area contributed by atoms with E-state index >= 15 is 0 Å². The van der Waals surface area contributed by atoms with E-state index in [0.717, 1.165) is 22.8 Å². The van der Waals surface area contributed by atoms with Crippen LogP contribution in [0.15, 0.2) is 36.7 Å². The Balaban J connectivity index is 2.29. The van der Waals surface area contributed by atoms with Gasteiger partial charge in [-0.2, -0.15) is 0 Å². The van der Waals surface area contributed by atoms with Crippen LogP contribution < -0.4 is 0 Å². The third-order valence-corrected chi connectivity index (χ3v) is 4.13. The molecule has 0 saturated carbocycles. The Kier molecular flexibility index (Phi) is 3.91. The van der Waals surface area contributed by atoms with Crippen molar-refractivity contribution in [2.45, 2.75) is 40.2 Å². The monoisotopic (exact) mass is 257 g/mol. The topological polar surface area (TPSA) is 33.1 Å². The second kappa shape index (κ2) is 5.30. The van der Waals surface area contributed by atoms with Gasteiger partial charge in [0, 0.05) is 17.8 Å². The summed E-state index contributed by atoms with van der Waals surface area (Å²) in [5.74, 6) is 0.453. The van der Waals surface area contributed by atoms with Gasteiger partial charge >= 0.3 is 0 Å². The van der Waals surface area contributed by atoms with Crippen LogP contribution in [-0.2, 0) is 0 Å². The second-order valence-corrected chi connectivity index (χ2v) is 6.46. The first-order valence-electron chi connectivity index (χ1n) is 6.90. The highest BCUT2D eigenvalue weighted by molar-refractivity contribution is 5.85. The molecule has 1 aromatic heterocycles. The average Bonchev–Trinajstić information content (AvgIpc) is 2.36. The maximum Gasteiger partial charge on any atom is 0.0799 e. The van der Waals surface area contributed by atoms with E-state index in [1.54, 1.807) is 6.20 Å². The zero-order chi connectivity index (χ0) is 14.0. The number of hydrogen-bond donors (Lipinski definition) is 1. The van der Waals surface area contributed by atoms with Gasteiger partial charge in [-0.05, 0) is 34.8 Å². The van der Waals surface area contributed by atoms with Crippen LogP contribution in [-0.4, -0.2) is 10.1 Å². The van der Waals surface area contributed by atoms with E-state index in [4.69, 9.17) is 0 Å². The Morgan fingerprint density at radius 2 is 1.95 bits per heavy atom. The molecular weight excluding hydrogens is 234 g/mol. The van der Waals surface area contributed by atoms with Crippen LogP contribution in [0.1, 0.15) is 45.8 Å². The Morgan fingerprint density at radius 3 is 2.63 bits per heavy atom. The van der Waals surface area contributed by atoms with Crippen LogP contribution in [0.5, 0.6) is 0 Å². The van der Waals surface area contributed by atoms with Crippen LogP contribution >= 0.6 is 0 Å². The van der Waals surface area contributed by atoms with Gasteiger partial charge in [0.05, 0.1) is 6.10 Å². The van der Waals surface area contributed by atoms with Crippen molar-refractivity contribution in [1.82, 2.24) is 4.98 Å². The summed E-state index contributed by atoms with van der Waals surface area (Å²) in [6.45, 7) is 8.85. The zero-order valence-corrected chi connectivity index (χ0v) is 12.2. The molecule has 1 aromatic carbocycles. The van der Waals surface area contributed by atoms with Crippen molar-refractivity contribution in [3.05, 3.63) is 42.2 Å². The molecule has 0 amide bonds. The van der Waals surface area contributed by atoms with Gasteiger partial charge in [-0.1, -0.05) is 45.9 Å². The van der Waals surface area contributed by atoms with E-state index in [9.17, 15) is 5.11 Å². The molecule has 1 N–H and O–H groups in total. The molecule has 0 aliphatic carbocycles. The molecule has 1 heterocycles. The lowest BCUT2D eigenvalue weighted by molar-refractivity contribution is 0.112. The van der Waals surface area contributed by atoms with Gasteiger partial charge in [0.15, 0.2) is 0 Å². The van der Waals surface area contributed by atoms with Crippen LogP contribution in [0.2, 0.25) is 0 Å². The number of fused-ring (bicyclic) bond motifs is 1. The minimum Gasteiger partial charge on any atom is -0.388 e. The van der Waals surface area contributed by atoms with Gasteiger partial charge in [0.1, 0.15) is 0 Å². The summed E-state index contributed by atoms with van der Waals surface area (Å²) in [4.78, 5) is 4.17. The van der Waals surface area contributed by atoms with E-state index in [1.165, 1.54) is 0 Å². The summed E-state index contributed by atoms with van der Waals surface area (Å²) in [5, 5.41) is 12.7. The van der Waals surface area contributed by atoms with Crippen molar-refractivity contribution in [3.8, 4) is 0 Å². The molecule has 0 aliphatic heterocycles. The Bertz CT molecular complexity index is 551. The van der Waals surface area contributed by atoms with Crippen molar-refractivity contribution in [1.29, 1.82) is 0 Å². The molecular formula is C17H23NO. The van der Waals surface area contributed by atoms with Gasteiger partial charge < -0.3 is 5.11 Å². The molecule has 0 spiro atoms. The predicted octanol–water partition coefficient (Wildman–Crippen LogP) is 4.34. The van der Waals surface area contributed by atoms with Crippen LogP contribution in [0.25, 0.3) is 10.8 Å². The summed E-state index contributed by atoms with van der Waals surface area (Å²) in [6, 6.07) is 8.05. The average molecular weight is 257 g/mol. The Morgan fingerprint density at radius 1 is 1.21 bits per heavy atom. The third-order valence-electron chi connectivity index (χ3n) is 4.13. The first kappa shape index (κ1) is 14.0. The smallest absolute Gasteiger partial charge is 0.0799 e. The molecule has 0 radical (unpaired) electrons. The highest BCUT2D eigenvalue weighted by atomic mass is 16.3. The number of aromatic nitrogens is 1. The molecule has 0 aliphatic rings. The summed E-state index contributed by atoms with van der Waals surface area (Å²) in [5.41, 5.74) is 1.20. The van der Waals surface area contributed by atoms with Crippen LogP contribution in [0.4, 0.5) is 0 Å². The highest BCUT2D eigenvalue weighted by Crippen LogP contribution is 2.35. The normalized spacial score (nSPS) is 15.4. The molecule has 2 nitrogen and oxygen atoms in total. The molecule has 2 atom stereocenters. The second-order valence-electron chi connectivity index (χ2n) is 6.46. The molecule has 2 unspecified atom stereocenters. The number of hydrogen-bond acceptors (Lipinski definition) is 2. The summed E-state index contributed by atoms with van der Waals surface area (Å²) in [7, 11) is 0. The molecule has 102 valence electrons. The van der Waals surface area contributed by atoms with Gasteiger partial charge in [0.2, 0.25) is 0 Å². The molecule has 0 fully saturated rings. The van der Waals surface area contributed by atoms with Gasteiger partial charge in [0.25, 0.3) is 0 Å². The highest BCUT2D eigenvalue weighted by Gasteiger charge is 2.24. The molecule has 0 bridgehead atoms. The first-order chi connectivity index (χ1) is 8.89. The van der Waals surface area contributed by atoms with Crippen LogP contribution in [0, 0.1) is 11.3 Å².